The van der Waals surface area contributed by atoms with E-state index in [9.17, 15) is 14.9 Å². The number of amides is 1. The first kappa shape index (κ1) is 32.9. The van der Waals surface area contributed by atoms with Gasteiger partial charge in [0.1, 0.15) is 5.00 Å². The van der Waals surface area contributed by atoms with Crippen LogP contribution in [0.3, 0.4) is 0 Å². The van der Waals surface area contributed by atoms with Gasteiger partial charge in [-0.2, -0.15) is 0 Å². The Morgan fingerprint density at radius 3 is 2.14 bits per heavy atom. The molecule has 0 aliphatic heterocycles. The molecule has 0 unspecified atom stereocenters. The molecule has 1 aliphatic rings. The van der Waals surface area contributed by atoms with Gasteiger partial charge in [0.15, 0.2) is 0 Å². The van der Waals surface area contributed by atoms with Gasteiger partial charge in [0.25, 0.3) is 11.6 Å². The molecular formula is C42H38N4O3S. The Hall–Kier alpha value is -5.60. The normalized spacial score (nSPS) is 14.4. The number of aromatic nitrogens is 1. The third-order valence-electron chi connectivity index (χ3n) is 9.52. The summed E-state index contributed by atoms with van der Waals surface area (Å²) < 4.78 is 2.13. The Bertz CT molecular complexity index is 2180. The zero-order valence-corrected chi connectivity index (χ0v) is 29.1. The summed E-state index contributed by atoms with van der Waals surface area (Å²) in [6, 6.07) is 38.4. The van der Waals surface area contributed by atoms with Gasteiger partial charge in [0.2, 0.25) is 0 Å². The predicted molar refractivity (Wildman–Crippen MR) is 204 cm³/mol. The van der Waals surface area contributed by atoms with E-state index in [1.165, 1.54) is 17.0 Å². The fourth-order valence-corrected chi connectivity index (χ4v) is 8.08. The quantitative estimate of drug-likeness (QED) is 0.0987. The number of nitrogens with one attached hydrogen (secondary N) is 1. The third kappa shape index (κ3) is 6.67. The van der Waals surface area contributed by atoms with Crippen molar-refractivity contribution in [3.05, 3.63) is 153 Å². The maximum Gasteiger partial charge on any atom is 0.269 e. The van der Waals surface area contributed by atoms with Crippen molar-refractivity contribution in [2.45, 2.75) is 40.0 Å². The smallest absolute Gasteiger partial charge is 0.269 e. The van der Waals surface area contributed by atoms with Gasteiger partial charge in [-0.3, -0.25) is 14.9 Å². The summed E-state index contributed by atoms with van der Waals surface area (Å²) in [4.78, 5) is 31.5. The van der Waals surface area contributed by atoms with Crippen molar-refractivity contribution in [3.63, 3.8) is 0 Å². The second-order valence-electron chi connectivity index (χ2n) is 13.7. The second kappa shape index (κ2) is 13.7. The van der Waals surface area contributed by atoms with Gasteiger partial charge in [-0.25, -0.2) is 4.99 Å². The first-order chi connectivity index (χ1) is 24.2. The van der Waals surface area contributed by atoms with Crippen LogP contribution >= 0.6 is 11.3 Å². The maximum atomic E-state index is 14.0. The molecule has 1 aliphatic carbocycles. The summed E-state index contributed by atoms with van der Waals surface area (Å²) >= 11 is 1.62. The molecule has 6 aromatic rings. The SMILES string of the molecule is CC(C)(C)[C@@H]1CCc2c(sc(N=Cc3cc(-c4ccccc4)n(-c4ccc([N+](=O)[O-])cc4)c3-c3ccccc3)c2C(=O)Nc2ccccc2)C1. The van der Waals surface area contributed by atoms with E-state index < -0.39 is 0 Å². The number of non-ortho nitro benzene ring substituents is 1. The van der Waals surface area contributed by atoms with Gasteiger partial charge in [-0.05, 0) is 77.6 Å². The highest BCUT2D eigenvalue weighted by molar-refractivity contribution is 7.16. The van der Waals surface area contributed by atoms with Crippen molar-refractivity contribution < 1.29 is 9.72 Å². The molecular weight excluding hydrogens is 641 g/mol. The van der Waals surface area contributed by atoms with Crippen LogP contribution < -0.4 is 5.32 Å². The summed E-state index contributed by atoms with van der Waals surface area (Å²) in [6.45, 7) is 6.89. The zero-order valence-electron chi connectivity index (χ0n) is 28.3. The first-order valence-electron chi connectivity index (χ1n) is 16.8. The standard InChI is InChI=1S/C42H38N4O3S/c1-42(2,3)31-19-24-35-37(26-31)50-41(38(35)40(47)44-32-17-11-6-12-18-32)43-27-30-25-36(28-13-7-4-8-14-28)45(39(30)29-15-9-5-10-16-29)33-20-22-34(23-21-33)46(48)49/h4-18,20-23,25,27,31H,19,24,26H2,1-3H3,(H,44,47)/t31-/m1/s1. The molecule has 1 amide bonds. The fraction of sp³-hybridized carbons (Fsp3) is 0.190. The van der Waals surface area contributed by atoms with Crippen LogP contribution in [0.2, 0.25) is 0 Å². The number of aliphatic imine (C=N–C) groups is 1. The van der Waals surface area contributed by atoms with E-state index in [1.54, 1.807) is 23.5 Å². The van der Waals surface area contributed by atoms with E-state index in [0.29, 0.717) is 16.5 Å². The zero-order chi connectivity index (χ0) is 34.8. The molecule has 8 heteroatoms. The molecule has 0 saturated heterocycles. The van der Waals surface area contributed by atoms with Crippen LogP contribution in [0.25, 0.3) is 28.2 Å². The summed E-state index contributed by atoms with van der Waals surface area (Å²) in [5.74, 6) is 0.371. The summed E-state index contributed by atoms with van der Waals surface area (Å²) in [5.41, 5.74) is 8.11. The molecule has 0 saturated carbocycles. The van der Waals surface area contributed by atoms with Crippen molar-refractivity contribution in [1.29, 1.82) is 0 Å². The minimum absolute atomic E-state index is 0.0295. The number of hydrogen-bond donors (Lipinski definition) is 1. The Morgan fingerprint density at radius 1 is 0.900 bits per heavy atom. The van der Waals surface area contributed by atoms with E-state index >= 15 is 0 Å². The van der Waals surface area contributed by atoms with Crippen LogP contribution in [-0.2, 0) is 12.8 Å². The summed E-state index contributed by atoms with van der Waals surface area (Å²) in [5, 5.41) is 15.3. The predicted octanol–water partition coefficient (Wildman–Crippen LogP) is 10.9. The molecule has 250 valence electrons. The molecule has 0 spiro atoms. The van der Waals surface area contributed by atoms with Crippen LogP contribution in [0, 0.1) is 21.4 Å². The second-order valence-corrected chi connectivity index (χ2v) is 14.8. The molecule has 7 rings (SSSR count). The van der Waals surface area contributed by atoms with E-state index in [1.807, 2.05) is 72.9 Å². The van der Waals surface area contributed by atoms with Crippen LogP contribution in [-0.4, -0.2) is 21.6 Å². The van der Waals surface area contributed by atoms with E-state index in [-0.39, 0.29) is 21.9 Å². The Morgan fingerprint density at radius 2 is 1.52 bits per heavy atom. The van der Waals surface area contributed by atoms with Gasteiger partial charge >= 0.3 is 0 Å². The molecule has 0 fully saturated rings. The Balaban J connectivity index is 1.39. The average molecular weight is 679 g/mol. The fourth-order valence-electron chi connectivity index (χ4n) is 6.81. The number of nitrogens with zero attached hydrogens (tertiary/aromatic N) is 3. The maximum absolute atomic E-state index is 14.0. The lowest BCUT2D eigenvalue weighted by Crippen LogP contribution is -2.27. The molecule has 4 aromatic carbocycles. The Kier molecular flexibility index (Phi) is 9.04. The van der Waals surface area contributed by atoms with Gasteiger partial charge in [-0.1, -0.05) is 99.6 Å². The number of rotatable bonds is 8. The Labute approximate surface area is 296 Å². The van der Waals surface area contributed by atoms with Crippen molar-refractivity contribution in [2.75, 3.05) is 5.32 Å². The first-order valence-corrected chi connectivity index (χ1v) is 17.7. The summed E-state index contributed by atoms with van der Waals surface area (Å²) in [7, 11) is 0. The van der Waals surface area contributed by atoms with Crippen LogP contribution in [0.15, 0.2) is 126 Å². The molecule has 50 heavy (non-hydrogen) atoms. The van der Waals surface area contributed by atoms with Gasteiger partial charge in [0, 0.05) is 40.2 Å². The third-order valence-corrected chi connectivity index (χ3v) is 10.7. The van der Waals surface area contributed by atoms with Crippen molar-refractivity contribution in [3.8, 4) is 28.2 Å². The minimum atomic E-state index is -0.385. The number of thiophene rings is 1. The molecule has 0 radical (unpaired) electrons. The van der Waals surface area contributed by atoms with Crippen molar-refractivity contribution in [1.82, 2.24) is 4.57 Å². The molecule has 1 atom stereocenters. The monoisotopic (exact) mass is 678 g/mol. The topological polar surface area (TPSA) is 89.5 Å². The number of benzene rings is 4. The summed E-state index contributed by atoms with van der Waals surface area (Å²) in [6.07, 6.45) is 4.66. The van der Waals surface area contributed by atoms with Gasteiger partial charge < -0.3 is 9.88 Å². The molecule has 7 nitrogen and oxygen atoms in total. The van der Waals surface area contributed by atoms with E-state index in [2.05, 4.69) is 61.0 Å². The van der Waals surface area contributed by atoms with Crippen molar-refractivity contribution in [2.24, 2.45) is 16.3 Å². The van der Waals surface area contributed by atoms with Crippen molar-refractivity contribution >= 4 is 39.8 Å². The molecule has 1 N–H and O–H groups in total. The molecule has 2 aromatic heterocycles. The molecule has 2 heterocycles. The number of nitro benzene ring substituents is 1. The molecule has 0 bridgehead atoms. The van der Waals surface area contributed by atoms with Gasteiger partial charge in [0.05, 0.1) is 21.9 Å². The lowest BCUT2D eigenvalue weighted by molar-refractivity contribution is -0.384. The number of carbonyl (C=O) groups is 1. The van der Waals surface area contributed by atoms with E-state index in [4.69, 9.17) is 4.99 Å². The number of nitro groups is 1. The number of carbonyl (C=O) groups excluding carboxylic acids is 1. The average Bonchev–Trinajstić information content (AvgIpc) is 3.70. The van der Waals surface area contributed by atoms with Crippen LogP contribution in [0.4, 0.5) is 16.4 Å². The van der Waals surface area contributed by atoms with Crippen LogP contribution in [0.5, 0.6) is 0 Å². The number of para-hydroxylation sites is 1. The highest BCUT2D eigenvalue weighted by Crippen LogP contribution is 2.46. The van der Waals surface area contributed by atoms with Gasteiger partial charge in [-0.15, -0.1) is 11.3 Å². The van der Waals surface area contributed by atoms with Crippen LogP contribution in [0.1, 0.15) is 53.6 Å². The lowest BCUT2D eigenvalue weighted by atomic mass is 9.72. The highest BCUT2D eigenvalue weighted by atomic mass is 32.1. The number of hydrogen-bond acceptors (Lipinski definition) is 5. The largest absolute Gasteiger partial charge is 0.322 e. The minimum Gasteiger partial charge on any atom is -0.322 e. The van der Waals surface area contributed by atoms with E-state index in [0.717, 1.165) is 64.3 Å². The highest BCUT2D eigenvalue weighted by Gasteiger charge is 2.34. The lowest BCUT2D eigenvalue weighted by Gasteiger charge is -2.33. The number of anilines is 1. The number of fused-ring (bicyclic) bond motifs is 1.